The number of amides is 1. The highest BCUT2D eigenvalue weighted by Crippen LogP contribution is 2.14. The molecule has 1 aromatic heterocycles. The molecule has 0 aliphatic carbocycles. The van der Waals surface area contributed by atoms with E-state index in [-0.39, 0.29) is 35.9 Å². The van der Waals surface area contributed by atoms with Crippen LogP contribution in [0.5, 0.6) is 5.75 Å². The number of aliphatic imine (C=N–C) groups is 1. The molecule has 31 heavy (non-hydrogen) atoms. The lowest BCUT2D eigenvalue weighted by Crippen LogP contribution is -2.43. The number of carbonyl (C=O) groups is 1. The fourth-order valence-corrected chi connectivity index (χ4v) is 3.21. The third-order valence-electron chi connectivity index (χ3n) is 4.92. The molecule has 1 atom stereocenters. The molecule has 1 aromatic carbocycles. The van der Waals surface area contributed by atoms with E-state index >= 15 is 0 Å². The second-order valence-corrected chi connectivity index (χ2v) is 7.27. The lowest BCUT2D eigenvalue weighted by molar-refractivity contribution is 0.0954. The Morgan fingerprint density at radius 2 is 1.90 bits per heavy atom. The van der Waals surface area contributed by atoms with Crippen LogP contribution in [0, 0.1) is 13.8 Å². The van der Waals surface area contributed by atoms with Crippen molar-refractivity contribution in [2.45, 2.75) is 40.2 Å². The summed E-state index contributed by atoms with van der Waals surface area (Å²) in [4.78, 5) is 16.8. The average Bonchev–Trinajstić information content (AvgIpc) is 2.97. The second kappa shape index (κ2) is 13.2. The zero-order valence-corrected chi connectivity index (χ0v) is 21.6. The molecule has 2 rings (SSSR count). The largest absolute Gasteiger partial charge is 0.497 e. The summed E-state index contributed by atoms with van der Waals surface area (Å²) in [6.45, 7) is 9.99. The molecule has 0 aliphatic rings. The van der Waals surface area contributed by atoms with E-state index in [0.717, 1.165) is 30.4 Å². The molecule has 172 valence electrons. The molecule has 8 nitrogen and oxygen atoms in total. The third kappa shape index (κ3) is 8.04. The molecule has 3 N–H and O–H groups in total. The first-order valence-corrected chi connectivity index (χ1v) is 10.3. The molecule has 0 bridgehead atoms. The van der Waals surface area contributed by atoms with Crippen LogP contribution in [0.1, 0.15) is 41.2 Å². The number of rotatable bonds is 9. The van der Waals surface area contributed by atoms with Crippen LogP contribution >= 0.6 is 24.0 Å². The molecule has 0 aliphatic heterocycles. The predicted molar refractivity (Wildman–Crippen MR) is 136 cm³/mol. The van der Waals surface area contributed by atoms with Crippen LogP contribution in [0.25, 0.3) is 0 Å². The van der Waals surface area contributed by atoms with Crippen molar-refractivity contribution in [3.8, 4) is 5.75 Å². The number of hydrogen-bond donors (Lipinski definition) is 3. The van der Waals surface area contributed by atoms with Gasteiger partial charge in [0.05, 0.1) is 19.3 Å². The predicted octanol–water partition coefficient (Wildman–Crippen LogP) is 2.58. The number of benzene rings is 1. The molecular formula is C22H35IN6O2. The Morgan fingerprint density at radius 3 is 2.45 bits per heavy atom. The minimum absolute atomic E-state index is 0. The van der Waals surface area contributed by atoms with Crippen molar-refractivity contribution in [2.24, 2.45) is 12.0 Å². The molecule has 1 heterocycles. The molecule has 0 spiro atoms. The minimum Gasteiger partial charge on any atom is -0.497 e. The molecule has 0 saturated carbocycles. The van der Waals surface area contributed by atoms with Crippen LogP contribution in [0.2, 0.25) is 0 Å². The maximum absolute atomic E-state index is 12.2. The van der Waals surface area contributed by atoms with E-state index in [2.05, 4.69) is 39.9 Å². The topological polar surface area (TPSA) is 92.6 Å². The van der Waals surface area contributed by atoms with E-state index in [1.165, 1.54) is 11.3 Å². The van der Waals surface area contributed by atoms with Gasteiger partial charge in [0.15, 0.2) is 5.96 Å². The number of hydrogen-bond acceptors (Lipinski definition) is 4. The van der Waals surface area contributed by atoms with E-state index < -0.39 is 0 Å². The molecule has 1 amide bonds. The number of nitrogens with one attached hydrogen (secondary N) is 3. The van der Waals surface area contributed by atoms with Crippen LogP contribution in [0.15, 0.2) is 29.3 Å². The Kier molecular flexibility index (Phi) is 11.4. The summed E-state index contributed by atoms with van der Waals surface area (Å²) in [6.07, 6.45) is 0.865. The molecule has 1 unspecified atom stereocenters. The lowest BCUT2D eigenvalue weighted by atomic mass is 10.1. The van der Waals surface area contributed by atoms with Crippen molar-refractivity contribution in [2.75, 3.05) is 26.7 Å². The van der Waals surface area contributed by atoms with Gasteiger partial charge in [0.1, 0.15) is 5.75 Å². The third-order valence-corrected chi connectivity index (χ3v) is 4.92. The number of aromatic nitrogens is 2. The number of ether oxygens (including phenoxy) is 1. The normalized spacial score (nSPS) is 12.0. The number of methoxy groups -OCH3 is 1. The summed E-state index contributed by atoms with van der Waals surface area (Å²) in [5.41, 5.74) is 4.11. The van der Waals surface area contributed by atoms with Crippen LogP contribution in [-0.4, -0.2) is 54.4 Å². The zero-order valence-electron chi connectivity index (χ0n) is 19.3. The van der Waals surface area contributed by atoms with Crippen molar-refractivity contribution in [1.29, 1.82) is 0 Å². The highest BCUT2D eigenvalue weighted by Gasteiger charge is 2.14. The molecule has 0 fully saturated rings. The van der Waals surface area contributed by atoms with Crippen LogP contribution in [0.4, 0.5) is 0 Å². The van der Waals surface area contributed by atoms with Crippen molar-refractivity contribution in [3.05, 3.63) is 46.8 Å². The Morgan fingerprint density at radius 1 is 1.23 bits per heavy atom. The summed E-state index contributed by atoms with van der Waals surface area (Å²) < 4.78 is 7.03. The summed E-state index contributed by atoms with van der Waals surface area (Å²) in [7, 11) is 3.57. The van der Waals surface area contributed by atoms with Gasteiger partial charge < -0.3 is 20.7 Å². The minimum atomic E-state index is -0.123. The van der Waals surface area contributed by atoms with Gasteiger partial charge in [-0.15, -0.1) is 24.0 Å². The smallest absolute Gasteiger partial charge is 0.251 e. The standard InChI is InChI=1S/C22H34N6O2.HI/c1-7-23-22(26-15(2)14-20-16(3)27-28(5)17(20)4)25-13-12-24-21(29)18-8-10-19(30-6)11-9-18;/h8-11,15H,7,12-14H2,1-6H3,(H,24,29)(H2,23,25,26);1H. The summed E-state index contributed by atoms with van der Waals surface area (Å²) in [6, 6.07) is 7.22. The molecule has 0 radical (unpaired) electrons. The van der Waals surface area contributed by atoms with Gasteiger partial charge >= 0.3 is 0 Å². The highest BCUT2D eigenvalue weighted by molar-refractivity contribution is 14.0. The van der Waals surface area contributed by atoms with Crippen molar-refractivity contribution in [1.82, 2.24) is 25.7 Å². The van der Waals surface area contributed by atoms with Gasteiger partial charge in [0.2, 0.25) is 0 Å². The van der Waals surface area contributed by atoms with E-state index in [4.69, 9.17) is 4.74 Å². The monoisotopic (exact) mass is 542 g/mol. The average molecular weight is 542 g/mol. The van der Waals surface area contributed by atoms with Crippen LogP contribution in [0.3, 0.4) is 0 Å². The number of halogens is 1. The van der Waals surface area contributed by atoms with Gasteiger partial charge in [-0.05, 0) is 63.9 Å². The number of nitrogens with zero attached hydrogens (tertiary/aromatic N) is 3. The number of guanidine groups is 1. The Labute approximate surface area is 202 Å². The molecular weight excluding hydrogens is 507 g/mol. The first-order valence-electron chi connectivity index (χ1n) is 10.3. The highest BCUT2D eigenvalue weighted by atomic mass is 127. The Hall–Kier alpha value is -2.30. The Balaban J connectivity index is 0.00000480. The maximum atomic E-state index is 12.2. The fourth-order valence-electron chi connectivity index (χ4n) is 3.21. The summed E-state index contributed by atoms with van der Waals surface area (Å²) in [5.74, 6) is 1.34. The van der Waals surface area contributed by atoms with E-state index in [0.29, 0.717) is 18.7 Å². The zero-order chi connectivity index (χ0) is 22.1. The van der Waals surface area contributed by atoms with Gasteiger partial charge in [-0.1, -0.05) is 0 Å². The molecule has 9 heteroatoms. The second-order valence-electron chi connectivity index (χ2n) is 7.27. The van der Waals surface area contributed by atoms with Crippen molar-refractivity contribution in [3.63, 3.8) is 0 Å². The van der Waals surface area contributed by atoms with E-state index in [1.54, 1.807) is 31.4 Å². The molecule has 0 saturated heterocycles. The fraction of sp³-hybridized carbons (Fsp3) is 0.500. The van der Waals surface area contributed by atoms with Gasteiger partial charge in [-0.3, -0.25) is 14.5 Å². The first-order chi connectivity index (χ1) is 14.3. The SMILES string of the molecule is CCNC(=NCCNC(=O)c1ccc(OC)cc1)NC(C)Cc1c(C)nn(C)c1C.I. The first kappa shape index (κ1) is 26.7. The van der Waals surface area contributed by atoms with Gasteiger partial charge in [0, 0.05) is 37.4 Å². The summed E-state index contributed by atoms with van der Waals surface area (Å²) in [5, 5.41) is 14.1. The quantitative estimate of drug-likeness (QED) is 0.196. The summed E-state index contributed by atoms with van der Waals surface area (Å²) >= 11 is 0. The van der Waals surface area contributed by atoms with Gasteiger partial charge in [-0.25, -0.2) is 0 Å². The van der Waals surface area contributed by atoms with Crippen molar-refractivity contribution >= 4 is 35.8 Å². The molecule has 2 aromatic rings. The van der Waals surface area contributed by atoms with Crippen LogP contribution < -0.4 is 20.7 Å². The van der Waals surface area contributed by atoms with E-state index in [9.17, 15) is 4.79 Å². The Bertz CT molecular complexity index is 864. The number of aryl methyl sites for hydroxylation is 2. The van der Waals surface area contributed by atoms with E-state index in [1.807, 2.05) is 25.6 Å². The van der Waals surface area contributed by atoms with Crippen molar-refractivity contribution < 1.29 is 9.53 Å². The van der Waals surface area contributed by atoms with Gasteiger partial charge in [0.25, 0.3) is 5.91 Å². The van der Waals surface area contributed by atoms with Gasteiger partial charge in [-0.2, -0.15) is 5.10 Å². The van der Waals surface area contributed by atoms with Crippen LogP contribution in [-0.2, 0) is 13.5 Å². The number of carbonyl (C=O) groups excluding carboxylic acids is 1. The maximum Gasteiger partial charge on any atom is 0.251 e. The lowest BCUT2D eigenvalue weighted by Gasteiger charge is -2.18.